The number of urea groups is 1. The second-order valence-corrected chi connectivity index (χ2v) is 9.05. The van der Waals surface area contributed by atoms with Crippen LogP contribution in [0.5, 0.6) is 0 Å². The molecule has 178 valence electrons. The van der Waals surface area contributed by atoms with Crippen molar-refractivity contribution in [3.8, 4) is 0 Å². The Morgan fingerprint density at radius 3 is 2.73 bits per heavy atom. The molecule has 2 fully saturated rings. The molecule has 1 saturated carbocycles. The van der Waals surface area contributed by atoms with Gasteiger partial charge in [-0.1, -0.05) is 49.6 Å². The lowest BCUT2D eigenvalue weighted by Crippen LogP contribution is -2.62. The first-order chi connectivity index (χ1) is 16.2. The minimum Gasteiger partial charge on any atom is -0.354 e. The molecule has 2 aromatic rings. The van der Waals surface area contributed by atoms with Crippen LogP contribution in [-0.2, 0) is 24.2 Å². The van der Waals surface area contributed by atoms with E-state index in [0.717, 1.165) is 31.5 Å². The highest BCUT2D eigenvalue weighted by Crippen LogP contribution is 2.18. The molecule has 8 heteroatoms. The Morgan fingerprint density at radius 1 is 1.09 bits per heavy atom. The highest BCUT2D eigenvalue weighted by molar-refractivity contribution is 5.87. The van der Waals surface area contributed by atoms with Crippen LogP contribution >= 0.6 is 0 Å². The van der Waals surface area contributed by atoms with Crippen molar-refractivity contribution in [2.45, 2.75) is 63.6 Å². The number of imidazole rings is 1. The third-order valence-electron chi connectivity index (χ3n) is 6.70. The number of nitrogens with zero attached hydrogens (tertiary/aromatic N) is 3. The van der Waals surface area contributed by atoms with Crippen LogP contribution < -0.4 is 16.0 Å². The molecule has 3 amide bonds. The number of benzene rings is 1. The summed E-state index contributed by atoms with van der Waals surface area (Å²) >= 11 is 0. The quantitative estimate of drug-likeness (QED) is 0.572. The van der Waals surface area contributed by atoms with Gasteiger partial charge in [-0.3, -0.25) is 4.79 Å². The Morgan fingerprint density at radius 2 is 1.91 bits per heavy atom. The Labute approximate surface area is 196 Å². The van der Waals surface area contributed by atoms with Gasteiger partial charge in [0, 0.05) is 57.1 Å². The summed E-state index contributed by atoms with van der Waals surface area (Å²) in [6, 6.07) is 10.0. The number of piperazine rings is 1. The van der Waals surface area contributed by atoms with Gasteiger partial charge in [-0.2, -0.15) is 0 Å². The molecule has 4 rings (SSSR count). The normalized spacial score (nSPS) is 19.3. The van der Waals surface area contributed by atoms with E-state index in [2.05, 4.69) is 49.8 Å². The van der Waals surface area contributed by atoms with Gasteiger partial charge in [0.25, 0.3) is 0 Å². The van der Waals surface area contributed by atoms with E-state index in [4.69, 9.17) is 0 Å². The smallest absolute Gasteiger partial charge is 0.318 e. The standard InChI is InChI=1S/C25H36N6O2/c32-24(23-18-26-14-16-31(23)25(33)29-21-9-5-2-6-10-21)28-13-11-22-17-27-19-30(22)15-12-20-7-3-1-4-8-20/h1,3-4,7-8,17,19,21,23,26H,2,5-6,9-16,18H2,(H,28,32)(H,29,33). The van der Waals surface area contributed by atoms with Crippen LogP contribution in [0.2, 0.25) is 0 Å². The first-order valence-electron chi connectivity index (χ1n) is 12.3. The number of carbonyl (C=O) groups excluding carboxylic acids is 2. The summed E-state index contributed by atoms with van der Waals surface area (Å²) in [6.45, 7) is 3.11. The minimum atomic E-state index is -0.481. The number of hydrogen-bond donors (Lipinski definition) is 3. The van der Waals surface area contributed by atoms with Crippen LogP contribution in [0.4, 0.5) is 4.79 Å². The molecule has 2 heterocycles. The van der Waals surface area contributed by atoms with Gasteiger partial charge >= 0.3 is 6.03 Å². The first-order valence-corrected chi connectivity index (χ1v) is 12.3. The lowest BCUT2D eigenvalue weighted by Gasteiger charge is -2.36. The molecule has 1 atom stereocenters. The predicted molar refractivity (Wildman–Crippen MR) is 128 cm³/mol. The fourth-order valence-corrected chi connectivity index (χ4v) is 4.77. The van der Waals surface area contributed by atoms with Crippen LogP contribution in [0.1, 0.15) is 43.4 Å². The summed E-state index contributed by atoms with van der Waals surface area (Å²) in [5, 5.41) is 9.45. The zero-order valence-electron chi connectivity index (χ0n) is 19.3. The molecular weight excluding hydrogens is 416 g/mol. The Bertz CT molecular complexity index is 893. The van der Waals surface area contributed by atoms with Crippen molar-refractivity contribution in [3.05, 3.63) is 54.1 Å². The molecule has 0 radical (unpaired) electrons. The maximum Gasteiger partial charge on any atom is 0.318 e. The second-order valence-electron chi connectivity index (χ2n) is 9.05. The van der Waals surface area contributed by atoms with Crippen molar-refractivity contribution in [1.82, 2.24) is 30.4 Å². The summed E-state index contributed by atoms with van der Waals surface area (Å²) in [4.78, 5) is 31.8. The molecular formula is C25H36N6O2. The fraction of sp³-hybridized carbons (Fsp3) is 0.560. The second kappa shape index (κ2) is 11.8. The topological polar surface area (TPSA) is 91.3 Å². The molecule has 0 spiro atoms. The number of nitrogens with one attached hydrogen (secondary N) is 3. The van der Waals surface area contributed by atoms with Crippen molar-refractivity contribution in [1.29, 1.82) is 0 Å². The lowest BCUT2D eigenvalue weighted by molar-refractivity contribution is -0.125. The molecule has 0 bridgehead atoms. The van der Waals surface area contributed by atoms with Gasteiger partial charge in [0.05, 0.1) is 6.33 Å². The van der Waals surface area contributed by atoms with E-state index in [1.807, 2.05) is 18.6 Å². The highest BCUT2D eigenvalue weighted by Gasteiger charge is 2.33. The molecule has 8 nitrogen and oxygen atoms in total. The maximum absolute atomic E-state index is 12.9. The third-order valence-corrected chi connectivity index (χ3v) is 6.70. The minimum absolute atomic E-state index is 0.101. The maximum atomic E-state index is 12.9. The predicted octanol–water partition coefficient (Wildman–Crippen LogP) is 2.10. The molecule has 1 aliphatic carbocycles. The van der Waals surface area contributed by atoms with Crippen molar-refractivity contribution in [3.63, 3.8) is 0 Å². The van der Waals surface area contributed by atoms with Gasteiger partial charge in [0.15, 0.2) is 0 Å². The summed E-state index contributed by atoms with van der Waals surface area (Å²) in [7, 11) is 0. The van der Waals surface area contributed by atoms with Crippen molar-refractivity contribution in [2.24, 2.45) is 0 Å². The molecule has 1 unspecified atom stereocenters. The van der Waals surface area contributed by atoms with Gasteiger partial charge in [-0.25, -0.2) is 9.78 Å². The van der Waals surface area contributed by atoms with E-state index in [-0.39, 0.29) is 18.0 Å². The van der Waals surface area contributed by atoms with Gasteiger partial charge in [0.1, 0.15) is 6.04 Å². The van der Waals surface area contributed by atoms with E-state index in [1.165, 1.54) is 24.8 Å². The van der Waals surface area contributed by atoms with Crippen LogP contribution in [0.15, 0.2) is 42.9 Å². The third kappa shape index (κ3) is 6.57. The monoisotopic (exact) mass is 452 g/mol. The number of aryl methyl sites for hydroxylation is 2. The molecule has 33 heavy (non-hydrogen) atoms. The van der Waals surface area contributed by atoms with E-state index in [9.17, 15) is 9.59 Å². The van der Waals surface area contributed by atoms with Gasteiger partial charge in [-0.05, 0) is 24.8 Å². The molecule has 2 aliphatic rings. The number of aromatic nitrogens is 2. The largest absolute Gasteiger partial charge is 0.354 e. The summed E-state index contributed by atoms with van der Waals surface area (Å²) < 4.78 is 2.14. The molecule has 3 N–H and O–H groups in total. The fourth-order valence-electron chi connectivity index (χ4n) is 4.77. The number of amides is 3. The lowest BCUT2D eigenvalue weighted by atomic mass is 9.96. The van der Waals surface area contributed by atoms with Gasteiger partial charge in [0.2, 0.25) is 5.91 Å². The van der Waals surface area contributed by atoms with Crippen LogP contribution in [-0.4, -0.2) is 64.7 Å². The average Bonchev–Trinajstić information content (AvgIpc) is 3.31. The molecule has 1 aliphatic heterocycles. The van der Waals surface area contributed by atoms with Crippen LogP contribution in [0, 0.1) is 0 Å². The van der Waals surface area contributed by atoms with E-state index in [0.29, 0.717) is 32.6 Å². The zero-order chi connectivity index (χ0) is 22.9. The summed E-state index contributed by atoms with van der Waals surface area (Å²) in [5.74, 6) is -0.101. The number of rotatable bonds is 8. The first kappa shape index (κ1) is 23.3. The number of carbonyl (C=O) groups is 2. The average molecular weight is 453 g/mol. The van der Waals surface area contributed by atoms with E-state index in [1.54, 1.807) is 4.90 Å². The Balaban J connectivity index is 1.25. The van der Waals surface area contributed by atoms with Crippen molar-refractivity contribution >= 4 is 11.9 Å². The van der Waals surface area contributed by atoms with Crippen molar-refractivity contribution in [2.75, 3.05) is 26.2 Å². The van der Waals surface area contributed by atoms with E-state index < -0.39 is 6.04 Å². The van der Waals surface area contributed by atoms with Crippen molar-refractivity contribution < 1.29 is 9.59 Å². The Kier molecular flexibility index (Phi) is 8.35. The van der Waals surface area contributed by atoms with E-state index >= 15 is 0 Å². The highest BCUT2D eigenvalue weighted by atomic mass is 16.2. The van der Waals surface area contributed by atoms with Crippen LogP contribution in [0.25, 0.3) is 0 Å². The van der Waals surface area contributed by atoms with Crippen LogP contribution in [0.3, 0.4) is 0 Å². The SMILES string of the molecule is O=C(NCCc1cncn1CCc1ccccc1)C1CNCCN1C(=O)NC1CCCCC1. The molecule has 1 aromatic carbocycles. The molecule has 1 saturated heterocycles. The summed E-state index contributed by atoms with van der Waals surface area (Å²) in [6.07, 6.45) is 11.0. The Hall–Kier alpha value is -2.87. The summed E-state index contributed by atoms with van der Waals surface area (Å²) in [5.41, 5.74) is 2.39. The van der Waals surface area contributed by atoms with Gasteiger partial charge in [-0.15, -0.1) is 0 Å². The number of hydrogen-bond acceptors (Lipinski definition) is 4. The molecule has 1 aromatic heterocycles. The zero-order valence-corrected chi connectivity index (χ0v) is 19.3. The van der Waals surface area contributed by atoms with Gasteiger partial charge < -0.3 is 25.4 Å².